The highest BCUT2D eigenvalue weighted by Crippen LogP contribution is 2.49. The van der Waals surface area contributed by atoms with Crippen molar-refractivity contribution in [3.63, 3.8) is 0 Å². The second-order valence-corrected chi connectivity index (χ2v) is 13.9. The van der Waals surface area contributed by atoms with Gasteiger partial charge in [0.1, 0.15) is 5.54 Å². The van der Waals surface area contributed by atoms with Crippen LogP contribution in [0, 0.1) is 11.3 Å². The third-order valence-electron chi connectivity index (χ3n) is 9.44. The van der Waals surface area contributed by atoms with Crippen molar-refractivity contribution in [3.8, 4) is 0 Å². The number of alkyl halides is 2. The highest BCUT2D eigenvalue weighted by Gasteiger charge is 2.63. The lowest BCUT2D eigenvalue weighted by Crippen LogP contribution is -2.62. The lowest BCUT2D eigenvalue weighted by atomic mass is 9.79. The summed E-state index contributed by atoms with van der Waals surface area (Å²) < 4.78 is 26.7. The van der Waals surface area contributed by atoms with E-state index in [2.05, 4.69) is 49.9 Å². The number of hydrogen-bond donors (Lipinski definition) is 0. The number of carbonyl (C=O) groups is 3. The zero-order valence-corrected chi connectivity index (χ0v) is 25.7. The lowest BCUT2D eigenvalue weighted by Gasteiger charge is -2.48. The fourth-order valence-electron chi connectivity index (χ4n) is 7.93. The van der Waals surface area contributed by atoms with Crippen LogP contribution in [0.15, 0.2) is 30.3 Å². The van der Waals surface area contributed by atoms with Gasteiger partial charge in [-0.25, -0.2) is 13.6 Å². The Labute approximate surface area is 249 Å². The minimum atomic E-state index is -2.75. The topological polar surface area (TPSA) is 64.2 Å². The van der Waals surface area contributed by atoms with Crippen LogP contribution in [-0.2, 0) is 9.59 Å². The van der Waals surface area contributed by atoms with E-state index in [-0.39, 0.29) is 53.7 Å². The zero-order chi connectivity index (χ0) is 29.0. The number of carbonyl (C=O) groups excluding carboxylic acids is 3. The van der Waals surface area contributed by atoms with E-state index in [1.54, 1.807) is 4.90 Å². The largest absolute Gasteiger partial charge is 0.342 e. The molecule has 0 N–H and O–H groups in total. The Morgan fingerprint density at radius 1 is 1.02 bits per heavy atom. The number of urea groups is 1. The molecule has 1 aromatic carbocycles. The highest BCUT2D eigenvalue weighted by atomic mass is 35.5. The predicted octanol–water partition coefficient (Wildman–Crippen LogP) is 5.39. The number of likely N-dealkylation sites (tertiary alicyclic amines) is 1. The number of piperidine rings is 1. The Morgan fingerprint density at radius 3 is 2.17 bits per heavy atom. The molecule has 2 bridgehead atoms. The first-order valence-corrected chi connectivity index (χ1v) is 14.8. The molecule has 4 aliphatic heterocycles. The first kappa shape index (κ1) is 31.7. The van der Waals surface area contributed by atoms with E-state index in [1.807, 2.05) is 24.8 Å². The molecule has 41 heavy (non-hydrogen) atoms. The Kier molecular flexibility index (Phi) is 9.11. The van der Waals surface area contributed by atoms with Gasteiger partial charge in [0.05, 0.1) is 6.54 Å². The summed E-state index contributed by atoms with van der Waals surface area (Å²) in [6.07, 6.45) is 0.543. The predicted molar refractivity (Wildman–Crippen MR) is 156 cm³/mol. The molecular weight excluding hydrogens is 550 g/mol. The number of rotatable bonds is 7. The Bertz CT molecular complexity index is 1110. The molecule has 5 rings (SSSR count). The molecule has 0 saturated carbocycles. The third-order valence-corrected chi connectivity index (χ3v) is 9.44. The highest BCUT2D eigenvalue weighted by molar-refractivity contribution is 6.07. The van der Waals surface area contributed by atoms with E-state index in [1.165, 1.54) is 5.56 Å². The Balaban J connectivity index is 0.00000387. The van der Waals surface area contributed by atoms with Gasteiger partial charge in [-0.15, -0.1) is 12.4 Å². The molecule has 1 aromatic rings. The summed E-state index contributed by atoms with van der Waals surface area (Å²) in [5, 5.41) is 0. The number of imide groups is 1. The summed E-state index contributed by atoms with van der Waals surface area (Å²) >= 11 is 0. The van der Waals surface area contributed by atoms with Crippen LogP contribution in [0.5, 0.6) is 0 Å². The van der Waals surface area contributed by atoms with E-state index in [4.69, 9.17) is 0 Å². The van der Waals surface area contributed by atoms with Crippen LogP contribution >= 0.6 is 12.4 Å². The van der Waals surface area contributed by atoms with Gasteiger partial charge in [-0.3, -0.25) is 19.4 Å². The van der Waals surface area contributed by atoms with Gasteiger partial charge in [0.15, 0.2) is 0 Å². The van der Waals surface area contributed by atoms with Crippen LogP contribution in [0.3, 0.4) is 0 Å². The van der Waals surface area contributed by atoms with Gasteiger partial charge >= 0.3 is 6.03 Å². The van der Waals surface area contributed by atoms with Crippen molar-refractivity contribution in [3.05, 3.63) is 35.9 Å². The third kappa shape index (κ3) is 5.99. The van der Waals surface area contributed by atoms with Crippen molar-refractivity contribution < 1.29 is 23.2 Å². The molecule has 0 aliphatic carbocycles. The monoisotopic (exact) mass is 594 g/mol. The van der Waals surface area contributed by atoms with Crippen molar-refractivity contribution in [1.29, 1.82) is 0 Å². The molecular formula is C31H45ClF2N4O3. The minimum absolute atomic E-state index is 0. The quantitative estimate of drug-likeness (QED) is 0.397. The van der Waals surface area contributed by atoms with Gasteiger partial charge in [0.25, 0.3) is 12.3 Å². The molecule has 1 spiro atoms. The number of amides is 4. The van der Waals surface area contributed by atoms with E-state index in [0.717, 1.165) is 24.3 Å². The molecule has 4 fully saturated rings. The molecule has 4 amide bonds. The second-order valence-electron chi connectivity index (χ2n) is 13.9. The molecule has 10 heteroatoms. The molecule has 0 radical (unpaired) electrons. The smallest absolute Gasteiger partial charge is 0.328 e. The summed E-state index contributed by atoms with van der Waals surface area (Å²) in [5.41, 5.74) is 0.111. The summed E-state index contributed by atoms with van der Waals surface area (Å²) in [6, 6.07) is 9.76. The molecule has 0 aromatic heterocycles. The van der Waals surface area contributed by atoms with Crippen LogP contribution in [0.4, 0.5) is 13.6 Å². The van der Waals surface area contributed by atoms with Gasteiger partial charge in [0, 0.05) is 50.1 Å². The SMILES string of the molecule is CC(C)N1C(=O)N(CC(F)F)C(=O)C12CC1CCC(C2)N1C[C@H]1CN(C(=O)CC(C)(C)C)C[C@@H]1c1ccccc1.Cl. The molecule has 2 unspecified atom stereocenters. The molecule has 4 aliphatic rings. The van der Waals surface area contributed by atoms with Crippen molar-refractivity contribution in [2.24, 2.45) is 11.3 Å². The second kappa shape index (κ2) is 11.8. The summed E-state index contributed by atoms with van der Waals surface area (Å²) in [7, 11) is 0. The first-order valence-electron chi connectivity index (χ1n) is 14.8. The average Bonchev–Trinajstić information content (AvgIpc) is 3.45. The van der Waals surface area contributed by atoms with Crippen LogP contribution in [0.25, 0.3) is 0 Å². The number of fused-ring (bicyclic) bond motifs is 2. The Morgan fingerprint density at radius 2 is 1.63 bits per heavy atom. The van der Waals surface area contributed by atoms with Crippen molar-refractivity contribution in [1.82, 2.24) is 19.6 Å². The van der Waals surface area contributed by atoms with E-state index >= 15 is 0 Å². The van der Waals surface area contributed by atoms with Crippen molar-refractivity contribution in [2.45, 2.75) is 103 Å². The standard InChI is InChI=1S/C31H44F2N4O3.ClH/c1-20(2)37-29(40)36(19-26(32)33)28(39)31(37)13-23-11-12-24(14-31)35(23)17-22-16-34(27(38)15-30(3,4)5)18-25(22)21-9-7-6-8-10-21;/h6-10,20,22-26H,11-19H2,1-5H3;1H/t22-,23?,24?,25-,31?;/m1./s1. The molecule has 7 nitrogen and oxygen atoms in total. The number of hydrogen-bond acceptors (Lipinski definition) is 4. The minimum Gasteiger partial charge on any atom is -0.342 e. The van der Waals surface area contributed by atoms with Gasteiger partial charge in [-0.05, 0) is 56.4 Å². The molecule has 4 atom stereocenters. The maximum Gasteiger partial charge on any atom is 0.328 e. The van der Waals surface area contributed by atoms with Gasteiger partial charge in [-0.1, -0.05) is 51.1 Å². The van der Waals surface area contributed by atoms with Crippen LogP contribution in [0.1, 0.15) is 78.2 Å². The fourth-order valence-corrected chi connectivity index (χ4v) is 7.93. The van der Waals surface area contributed by atoms with Gasteiger partial charge in [0.2, 0.25) is 5.91 Å². The number of nitrogens with zero attached hydrogens (tertiary/aromatic N) is 4. The first-order chi connectivity index (χ1) is 18.8. The Hall–Kier alpha value is -2.26. The summed E-state index contributed by atoms with van der Waals surface area (Å²) in [4.78, 5) is 47.0. The van der Waals surface area contributed by atoms with Crippen LogP contribution < -0.4 is 0 Å². The average molecular weight is 595 g/mol. The van der Waals surface area contributed by atoms with Crippen LogP contribution in [-0.4, -0.2) is 93.7 Å². The summed E-state index contributed by atoms with van der Waals surface area (Å²) in [6.45, 7) is 11.4. The maximum atomic E-state index is 13.6. The fraction of sp³-hybridized carbons (Fsp3) is 0.710. The normalized spacial score (nSPS) is 30.3. The van der Waals surface area contributed by atoms with Crippen LogP contribution in [0.2, 0.25) is 0 Å². The van der Waals surface area contributed by atoms with E-state index in [9.17, 15) is 23.2 Å². The molecule has 4 heterocycles. The zero-order valence-electron chi connectivity index (χ0n) is 24.9. The van der Waals surface area contributed by atoms with Gasteiger partial charge in [-0.2, -0.15) is 0 Å². The molecule has 228 valence electrons. The van der Waals surface area contributed by atoms with E-state index in [0.29, 0.717) is 32.4 Å². The van der Waals surface area contributed by atoms with Gasteiger partial charge < -0.3 is 9.80 Å². The maximum absolute atomic E-state index is 13.6. The molecule has 4 saturated heterocycles. The van der Waals surface area contributed by atoms with Crippen molar-refractivity contribution in [2.75, 3.05) is 26.2 Å². The lowest BCUT2D eigenvalue weighted by molar-refractivity contribution is -0.139. The number of benzene rings is 1. The number of halogens is 3. The van der Waals surface area contributed by atoms with E-state index < -0.39 is 30.4 Å². The summed E-state index contributed by atoms with van der Waals surface area (Å²) in [5.74, 6) is 0.216. The van der Waals surface area contributed by atoms with Crippen molar-refractivity contribution >= 4 is 30.3 Å².